The van der Waals surface area contributed by atoms with Crippen LogP contribution in [0.2, 0.25) is 0 Å². The summed E-state index contributed by atoms with van der Waals surface area (Å²) in [6, 6.07) is 1.09. The maximum Gasteiger partial charge on any atom is 0.339 e. The number of ether oxygens (including phenoxy) is 3. The number of hydrogen-bond donors (Lipinski definition) is 1. The minimum absolute atomic E-state index is 0.0660. The van der Waals surface area contributed by atoms with E-state index in [1.807, 2.05) is 0 Å². The highest BCUT2D eigenvalue weighted by Gasteiger charge is 2.29. The molecule has 1 unspecified atom stereocenters. The van der Waals surface area contributed by atoms with Gasteiger partial charge in [0.2, 0.25) is 0 Å². The van der Waals surface area contributed by atoms with Gasteiger partial charge in [0, 0.05) is 6.07 Å². The Morgan fingerprint density at radius 1 is 1.47 bits per heavy atom. The molecule has 1 atom stereocenters. The molecule has 0 aromatic heterocycles. The number of benzene rings is 1. The summed E-state index contributed by atoms with van der Waals surface area (Å²) in [7, 11) is 2.65. The summed E-state index contributed by atoms with van der Waals surface area (Å²) < 4.78 is 28.3. The standard InChI is InChI=1S/C12H14BrFO5/c1-4-19-12(16)10(15)8-9(13)6(14)5-7(17-2)11(8)18-3/h5,10,15H,4H2,1-3H3. The largest absolute Gasteiger partial charge is 0.493 e. The minimum atomic E-state index is -1.67. The van der Waals surface area contributed by atoms with Crippen LogP contribution >= 0.6 is 15.9 Å². The van der Waals surface area contributed by atoms with Gasteiger partial charge < -0.3 is 19.3 Å². The maximum atomic E-state index is 13.7. The molecule has 0 saturated heterocycles. The zero-order valence-corrected chi connectivity index (χ0v) is 12.3. The first kappa shape index (κ1) is 15.7. The normalized spacial score (nSPS) is 11.9. The van der Waals surface area contributed by atoms with Gasteiger partial charge in [-0.25, -0.2) is 9.18 Å². The molecule has 106 valence electrons. The number of hydrogen-bond acceptors (Lipinski definition) is 5. The summed E-state index contributed by atoms with van der Waals surface area (Å²) >= 11 is 2.98. The van der Waals surface area contributed by atoms with E-state index in [1.165, 1.54) is 14.2 Å². The number of esters is 1. The van der Waals surface area contributed by atoms with Gasteiger partial charge in [0.25, 0.3) is 0 Å². The summed E-state index contributed by atoms with van der Waals surface area (Å²) in [5, 5.41) is 9.95. The lowest BCUT2D eigenvalue weighted by Crippen LogP contribution is -2.17. The third kappa shape index (κ3) is 3.16. The lowest BCUT2D eigenvalue weighted by molar-refractivity contribution is -0.153. The Balaban J connectivity index is 3.38. The van der Waals surface area contributed by atoms with Gasteiger partial charge in [0.1, 0.15) is 5.82 Å². The van der Waals surface area contributed by atoms with E-state index in [2.05, 4.69) is 15.9 Å². The number of carbonyl (C=O) groups is 1. The molecule has 0 aliphatic heterocycles. The first-order valence-electron chi connectivity index (χ1n) is 5.42. The number of methoxy groups -OCH3 is 2. The Morgan fingerprint density at radius 2 is 2.11 bits per heavy atom. The van der Waals surface area contributed by atoms with Crippen molar-refractivity contribution >= 4 is 21.9 Å². The van der Waals surface area contributed by atoms with Gasteiger partial charge in [-0.15, -0.1) is 0 Å². The van der Waals surface area contributed by atoms with Gasteiger partial charge >= 0.3 is 5.97 Å². The van der Waals surface area contributed by atoms with Crippen LogP contribution in [-0.4, -0.2) is 31.9 Å². The van der Waals surface area contributed by atoms with Crippen LogP contribution in [-0.2, 0) is 9.53 Å². The van der Waals surface area contributed by atoms with Crippen molar-refractivity contribution in [3.05, 3.63) is 21.9 Å². The molecule has 0 bridgehead atoms. The van der Waals surface area contributed by atoms with Gasteiger partial charge in [0.05, 0.1) is 30.9 Å². The highest BCUT2D eigenvalue weighted by molar-refractivity contribution is 9.10. The molecule has 0 heterocycles. The van der Waals surface area contributed by atoms with Crippen LogP contribution in [0, 0.1) is 5.82 Å². The van der Waals surface area contributed by atoms with Crippen LogP contribution in [0.5, 0.6) is 11.5 Å². The third-order valence-corrected chi connectivity index (χ3v) is 3.19. The molecule has 0 aliphatic rings. The zero-order valence-electron chi connectivity index (χ0n) is 10.7. The molecule has 19 heavy (non-hydrogen) atoms. The molecule has 1 rings (SSSR count). The highest BCUT2D eigenvalue weighted by Crippen LogP contribution is 2.41. The van der Waals surface area contributed by atoms with E-state index >= 15 is 0 Å². The highest BCUT2D eigenvalue weighted by atomic mass is 79.9. The molecule has 0 fully saturated rings. The van der Waals surface area contributed by atoms with Gasteiger partial charge in [-0.1, -0.05) is 0 Å². The number of carbonyl (C=O) groups excluding carboxylic acids is 1. The molecule has 1 aromatic rings. The smallest absolute Gasteiger partial charge is 0.339 e. The fraction of sp³-hybridized carbons (Fsp3) is 0.417. The molecule has 5 nitrogen and oxygen atoms in total. The molecule has 1 N–H and O–H groups in total. The maximum absolute atomic E-state index is 13.7. The topological polar surface area (TPSA) is 65.0 Å². The molecular formula is C12H14BrFO5. The third-order valence-electron chi connectivity index (χ3n) is 2.38. The Bertz CT molecular complexity index is 478. The average molecular weight is 337 g/mol. The van der Waals surface area contributed by atoms with Crippen molar-refractivity contribution in [2.45, 2.75) is 13.0 Å². The average Bonchev–Trinajstić information content (AvgIpc) is 2.40. The second-order valence-electron chi connectivity index (χ2n) is 3.48. The van der Waals surface area contributed by atoms with E-state index in [4.69, 9.17) is 14.2 Å². The molecular weight excluding hydrogens is 323 g/mol. The summed E-state index contributed by atoms with van der Waals surface area (Å²) in [6.07, 6.45) is -1.67. The van der Waals surface area contributed by atoms with E-state index in [9.17, 15) is 14.3 Å². The molecule has 0 radical (unpaired) electrons. The Labute approximate surface area is 118 Å². The van der Waals surface area contributed by atoms with E-state index in [0.29, 0.717) is 0 Å². The van der Waals surface area contributed by atoms with Crippen molar-refractivity contribution < 1.29 is 28.5 Å². The van der Waals surface area contributed by atoms with Crippen molar-refractivity contribution in [2.75, 3.05) is 20.8 Å². The van der Waals surface area contributed by atoms with Crippen molar-refractivity contribution in [2.24, 2.45) is 0 Å². The quantitative estimate of drug-likeness (QED) is 0.835. The number of aliphatic hydroxyl groups excluding tert-OH is 1. The first-order valence-corrected chi connectivity index (χ1v) is 6.21. The fourth-order valence-electron chi connectivity index (χ4n) is 1.55. The Kier molecular flexibility index (Phi) is 5.56. The van der Waals surface area contributed by atoms with Crippen LogP contribution in [0.25, 0.3) is 0 Å². The van der Waals surface area contributed by atoms with Crippen molar-refractivity contribution in [1.29, 1.82) is 0 Å². The minimum Gasteiger partial charge on any atom is -0.493 e. The van der Waals surface area contributed by atoms with E-state index in [1.54, 1.807) is 6.92 Å². The van der Waals surface area contributed by atoms with Gasteiger partial charge in [-0.2, -0.15) is 0 Å². The Hall–Kier alpha value is -1.34. The number of halogens is 2. The van der Waals surface area contributed by atoms with Crippen LogP contribution in [0.1, 0.15) is 18.6 Å². The molecule has 0 spiro atoms. The van der Waals surface area contributed by atoms with Gasteiger partial charge in [-0.3, -0.25) is 0 Å². The van der Waals surface area contributed by atoms with Crippen LogP contribution < -0.4 is 9.47 Å². The second-order valence-corrected chi connectivity index (χ2v) is 4.27. The SMILES string of the molecule is CCOC(=O)C(O)c1c(Br)c(F)cc(OC)c1OC. The number of aliphatic hydroxyl groups is 1. The monoisotopic (exact) mass is 336 g/mol. The summed E-state index contributed by atoms with van der Waals surface area (Å²) in [5.41, 5.74) is -0.0715. The van der Waals surface area contributed by atoms with Crippen LogP contribution in [0.4, 0.5) is 4.39 Å². The van der Waals surface area contributed by atoms with E-state index in [-0.39, 0.29) is 28.1 Å². The zero-order chi connectivity index (χ0) is 14.6. The summed E-state index contributed by atoms with van der Waals surface area (Å²) in [4.78, 5) is 11.6. The van der Waals surface area contributed by atoms with Crippen molar-refractivity contribution in [1.82, 2.24) is 0 Å². The predicted molar refractivity (Wildman–Crippen MR) is 68.8 cm³/mol. The van der Waals surface area contributed by atoms with Crippen LogP contribution in [0.15, 0.2) is 10.5 Å². The molecule has 0 saturated carbocycles. The lowest BCUT2D eigenvalue weighted by atomic mass is 10.1. The molecule has 0 amide bonds. The molecule has 7 heteroatoms. The van der Waals surface area contributed by atoms with E-state index < -0.39 is 17.9 Å². The molecule has 1 aromatic carbocycles. The predicted octanol–water partition coefficient (Wildman–Crippen LogP) is 2.20. The van der Waals surface area contributed by atoms with Crippen molar-refractivity contribution in [3.8, 4) is 11.5 Å². The molecule has 0 aliphatic carbocycles. The lowest BCUT2D eigenvalue weighted by Gasteiger charge is -2.18. The fourth-order valence-corrected chi connectivity index (χ4v) is 2.06. The van der Waals surface area contributed by atoms with Crippen molar-refractivity contribution in [3.63, 3.8) is 0 Å². The summed E-state index contributed by atoms with van der Waals surface area (Å²) in [5.74, 6) is -1.44. The van der Waals surface area contributed by atoms with Crippen LogP contribution in [0.3, 0.4) is 0 Å². The number of rotatable bonds is 5. The summed E-state index contributed by atoms with van der Waals surface area (Å²) in [6.45, 7) is 1.70. The van der Waals surface area contributed by atoms with Gasteiger partial charge in [-0.05, 0) is 22.9 Å². The first-order chi connectivity index (χ1) is 8.97. The Morgan fingerprint density at radius 3 is 2.58 bits per heavy atom. The van der Waals surface area contributed by atoms with Gasteiger partial charge in [0.15, 0.2) is 17.6 Å². The van der Waals surface area contributed by atoms with E-state index in [0.717, 1.165) is 6.07 Å². The second kappa shape index (κ2) is 6.72.